The molecule has 22 heavy (non-hydrogen) atoms. The molecule has 7 heteroatoms. The maximum absolute atomic E-state index is 11.4. The van der Waals surface area contributed by atoms with Crippen molar-refractivity contribution in [2.24, 2.45) is 5.92 Å². The standard InChI is InChI=1S/C15H16BrN3O3/c16-11-3-4-13-12(6-11)15(14(7-17-13)19(21)22)18-5-1-2-10(8-18)9-20/h3-4,6-7,10,20H,1-2,5,8-9H2. The molecular formula is C15H16BrN3O3. The summed E-state index contributed by atoms with van der Waals surface area (Å²) in [6.45, 7) is 1.49. The normalized spacial score (nSPS) is 18.6. The first-order valence-corrected chi connectivity index (χ1v) is 7.98. The molecule has 3 rings (SSSR count). The number of halogens is 1. The van der Waals surface area contributed by atoms with Crippen molar-refractivity contribution in [3.63, 3.8) is 0 Å². The van der Waals surface area contributed by atoms with Crippen molar-refractivity contribution >= 4 is 38.2 Å². The third-order valence-electron chi connectivity index (χ3n) is 4.07. The molecule has 0 aliphatic carbocycles. The zero-order chi connectivity index (χ0) is 15.7. The molecule has 0 amide bonds. The molecular weight excluding hydrogens is 350 g/mol. The number of aromatic nitrogens is 1. The van der Waals surface area contributed by atoms with E-state index in [2.05, 4.69) is 20.9 Å². The van der Waals surface area contributed by atoms with E-state index in [4.69, 9.17) is 0 Å². The van der Waals surface area contributed by atoms with Crippen LogP contribution < -0.4 is 4.90 Å². The van der Waals surface area contributed by atoms with E-state index < -0.39 is 0 Å². The second kappa shape index (κ2) is 6.18. The SMILES string of the molecule is O=[N+]([O-])c1cnc2ccc(Br)cc2c1N1CCCC(CO)C1. The lowest BCUT2D eigenvalue weighted by Crippen LogP contribution is -2.37. The molecule has 6 nitrogen and oxygen atoms in total. The predicted octanol–water partition coefficient (Wildman–Crippen LogP) is 3.11. The fourth-order valence-corrected chi connectivity index (χ4v) is 3.38. The largest absolute Gasteiger partial charge is 0.396 e. The quantitative estimate of drug-likeness (QED) is 0.667. The van der Waals surface area contributed by atoms with E-state index in [1.807, 2.05) is 23.1 Å². The lowest BCUT2D eigenvalue weighted by atomic mass is 9.97. The number of nitro groups is 1. The molecule has 1 aromatic carbocycles. The van der Waals surface area contributed by atoms with Crippen LogP contribution in [0.3, 0.4) is 0 Å². The number of nitrogens with zero attached hydrogens (tertiary/aromatic N) is 3. The lowest BCUT2D eigenvalue weighted by molar-refractivity contribution is -0.384. The summed E-state index contributed by atoms with van der Waals surface area (Å²) in [6, 6.07) is 5.59. The highest BCUT2D eigenvalue weighted by Crippen LogP contribution is 2.38. The number of fused-ring (bicyclic) bond motifs is 1. The fraction of sp³-hybridized carbons (Fsp3) is 0.400. The number of anilines is 1. The maximum Gasteiger partial charge on any atom is 0.311 e. The third kappa shape index (κ3) is 2.78. The lowest BCUT2D eigenvalue weighted by Gasteiger charge is -2.33. The molecule has 0 saturated carbocycles. The van der Waals surface area contributed by atoms with E-state index in [-0.39, 0.29) is 23.1 Å². The van der Waals surface area contributed by atoms with Crippen LogP contribution in [0.15, 0.2) is 28.9 Å². The maximum atomic E-state index is 11.4. The molecule has 0 bridgehead atoms. The Balaban J connectivity index is 2.17. The van der Waals surface area contributed by atoms with Crippen LogP contribution in [0.5, 0.6) is 0 Å². The molecule has 1 aliphatic rings. The number of rotatable bonds is 3. The highest BCUT2D eigenvalue weighted by molar-refractivity contribution is 9.10. The fourth-order valence-electron chi connectivity index (χ4n) is 3.02. The number of piperidine rings is 1. The van der Waals surface area contributed by atoms with Gasteiger partial charge in [-0.2, -0.15) is 0 Å². The Labute approximate surface area is 136 Å². The summed E-state index contributed by atoms with van der Waals surface area (Å²) in [7, 11) is 0. The molecule has 0 radical (unpaired) electrons. The monoisotopic (exact) mass is 365 g/mol. The number of hydrogen-bond acceptors (Lipinski definition) is 5. The average Bonchev–Trinajstić information content (AvgIpc) is 2.53. The molecule has 1 atom stereocenters. The Hall–Kier alpha value is -1.73. The molecule has 1 fully saturated rings. The van der Waals surface area contributed by atoms with Gasteiger partial charge in [0.05, 0.1) is 10.4 Å². The first kappa shape index (κ1) is 15.2. The van der Waals surface area contributed by atoms with E-state index in [9.17, 15) is 15.2 Å². The van der Waals surface area contributed by atoms with Crippen molar-refractivity contribution < 1.29 is 10.0 Å². The summed E-state index contributed by atoms with van der Waals surface area (Å²) in [6.07, 6.45) is 3.20. The van der Waals surface area contributed by atoms with E-state index in [0.29, 0.717) is 12.2 Å². The average molecular weight is 366 g/mol. The minimum Gasteiger partial charge on any atom is -0.396 e. The van der Waals surface area contributed by atoms with Gasteiger partial charge < -0.3 is 10.0 Å². The molecule has 116 valence electrons. The number of hydrogen-bond donors (Lipinski definition) is 1. The molecule has 1 unspecified atom stereocenters. The van der Waals surface area contributed by atoms with Crippen LogP contribution in [0.4, 0.5) is 11.4 Å². The summed E-state index contributed by atoms with van der Waals surface area (Å²) < 4.78 is 0.860. The molecule has 1 aromatic heterocycles. The van der Waals surface area contributed by atoms with Gasteiger partial charge in [-0.05, 0) is 37.0 Å². The minimum atomic E-state index is -0.384. The smallest absolute Gasteiger partial charge is 0.311 e. The molecule has 2 heterocycles. The molecule has 0 spiro atoms. The Bertz CT molecular complexity index is 722. The second-order valence-electron chi connectivity index (χ2n) is 5.55. The number of aliphatic hydroxyl groups is 1. The third-order valence-corrected chi connectivity index (χ3v) is 4.57. The van der Waals surface area contributed by atoms with Crippen LogP contribution in [-0.4, -0.2) is 34.7 Å². The van der Waals surface area contributed by atoms with Crippen LogP contribution in [0.1, 0.15) is 12.8 Å². The van der Waals surface area contributed by atoms with Crippen molar-refractivity contribution in [2.45, 2.75) is 12.8 Å². The van der Waals surface area contributed by atoms with Gasteiger partial charge in [-0.25, -0.2) is 4.98 Å². The van der Waals surface area contributed by atoms with Crippen LogP contribution in [0, 0.1) is 16.0 Å². The highest BCUT2D eigenvalue weighted by Gasteiger charge is 2.27. The summed E-state index contributed by atoms with van der Waals surface area (Å²) in [5.41, 5.74) is 1.36. The van der Waals surface area contributed by atoms with Crippen LogP contribution >= 0.6 is 15.9 Å². The van der Waals surface area contributed by atoms with Gasteiger partial charge in [-0.1, -0.05) is 15.9 Å². The Morgan fingerprint density at radius 1 is 1.50 bits per heavy atom. The van der Waals surface area contributed by atoms with Crippen LogP contribution in [0.2, 0.25) is 0 Å². The molecule has 1 aliphatic heterocycles. The van der Waals surface area contributed by atoms with Crippen LogP contribution in [-0.2, 0) is 0 Å². The van der Waals surface area contributed by atoms with E-state index in [0.717, 1.165) is 34.8 Å². The van der Waals surface area contributed by atoms with Gasteiger partial charge in [0.2, 0.25) is 0 Å². The minimum absolute atomic E-state index is 0.0178. The molecule has 1 saturated heterocycles. The molecule has 1 N–H and O–H groups in total. The van der Waals surface area contributed by atoms with Gasteiger partial charge in [0.25, 0.3) is 0 Å². The van der Waals surface area contributed by atoms with Gasteiger partial charge >= 0.3 is 5.69 Å². The summed E-state index contributed by atoms with van der Waals surface area (Å²) in [5, 5.41) is 21.6. The van der Waals surface area contributed by atoms with E-state index in [1.165, 1.54) is 6.20 Å². The zero-order valence-corrected chi connectivity index (χ0v) is 13.5. The van der Waals surface area contributed by atoms with Crippen molar-refractivity contribution in [3.8, 4) is 0 Å². The Kier molecular flexibility index (Phi) is 4.26. The van der Waals surface area contributed by atoms with E-state index >= 15 is 0 Å². The second-order valence-corrected chi connectivity index (χ2v) is 6.46. The Morgan fingerprint density at radius 3 is 3.05 bits per heavy atom. The van der Waals surface area contributed by atoms with Gasteiger partial charge in [0, 0.05) is 29.6 Å². The van der Waals surface area contributed by atoms with Gasteiger partial charge in [0.15, 0.2) is 0 Å². The highest BCUT2D eigenvalue weighted by atomic mass is 79.9. The number of aliphatic hydroxyl groups excluding tert-OH is 1. The van der Waals surface area contributed by atoms with Crippen molar-refractivity contribution in [2.75, 3.05) is 24.6 Å². The van der Waals surface area contributed by atoms with Crippen LogP contribution in [0.25, 0.3) is 10.9 Å². The van der Waals surface area contributed by atoms with Gasteiger partial charge in [0.1, 0.15) is 11.9 Å². The summed E-state index contributed by atoms with van der Waals surface area (Å²) in [5.74, 6) is 0.156. The Morgan fingerprint density at radius 2 is 2.32 bits per heavy atom. The van der Waals surface area contributed by atoms with Gasteiger partial charge in [-0.15, -0.1) is 0 Å². The first-order chi connectivity index (χ1) is 10.6. The van der Waals surface area contributed by atoms with Crippen molar-refractivity contribution in [1.29, 1.82) is 0 Å². The number of benzene rings is 1. The van der Waals surface area contributed by atoms with E-state index in [1.54, 1.807) is 0 Å². The van der Waals surface area contributed by atoms with Crippen molar-refractivity contribution in [1.82, 2.24) is 4.98 Å². The number of pyridine rings is 1. The predicted molar refractivity (Wildman–Crippen MR) is 88.1 cm³/mol. The zero-order valence-electron chi connectivity index (χ0n) is 11.9. The topological polar surface area (TPSA) is 79.5 Å². The van der Waals surface area contributed by atoms with Crippen molar-refractivity contribution in [3.05, 3.63) is 39.0 Å². The summed E-state index contributed by atoms with van der Waals surface area (Å²) >= 11 is 3.42. The first-order valence-electron chi connectivity index (χ1n) is 7.18. The molecule has 2 aromatic rings. The summed E-state index contributed by atoms with van der Waals surface area (Å²) in [4.78, 5) is 17.3. The van der Waals surface area contributed by atoms with Gasteiger partial charge in [-0.3, -0.25) is 10.1 Å².